The molecular weight excluding hydrogens is 223 g/mol. The fourth-order valence-corrected chi connectivity index (χ4v) is 1.54. The van der Waals surface area contributed by atoms with Gasteiger partial charge in [-0.05, 0) is 16.6 Å². The van der Waals surface area contributed by atoms with Crippen molar-refractivity contribution in [2.75, 3.05) is 0 Å². The minimum Gasteiger partial charge on any atom is -0.423 e. The Morgan fingerprint density at radius 3 is 1.72 bits per heavy atom. The van der Waals surface area contributed by atoms with Crippen molar-refractivity contribution in [2.45, 2.75) is 7.43 Å². The van der Waals surface area contributed by atoms with Gasteiger partial charge in [0.2, 0.25) is 0 Å². The molecule has 2 nitrogen and oxygen atoms in total. The third kappa shape index (κ3) is 3.88. The van der Waals surface area contributed by atoms with Gasteiger partial charge in [-0.15, -0.1) is 0 Å². The first-order valence-electron chi connectivity index (χ1n) is 5.45. The minimum atomic E-state index is -1.40. The molecule has 2 N–H and O–H groups in total. The molecule has 0 atom stereocenters. The van der Waals surface area contributed by atoms with Gasteiger partial charge in [-0.1, -0.05) is 74.2 Å². The van der Waals surface area contributed by atoms with Crippen LogP contribution in [0, 0.1) is 0 Å². The van der Waals surface area contributed by atoms with Crippen molar-refractivity contribution in [3.63, 3.8) is 0 Å². The second kappa shape index (κ2) is 6.79. The van der Waals surface area contributed by atoms with Crippen molar-refractivity contribution < 1.29 is 10.0 Å². The Kier molecular flexibility index (Phi) is 5.37. The standard InChI is InChI=1S/C14H13BO2.CH4/c16-15(17)14-10-8-13(9-11-14)7-6-12-4-2-1-3-5-12;/h1-11,16-17H;1H4/b7-6-;. The second-order valence-corrected chi connectivity index (χ2v) is 3.78. The average molecular weight is 240 g/mol. The van der Waals surface area contributed by atoms with Gasteiger partial charge in [-0.25, -0.2) is 0 Å². The molecule has 0 amide bonds. The van der Waals surface area contributed by atoms with Crippen LogP contribution in [0.5, 0.6) is 0 Å². The highest BCUT2D eigenvalue weighted by atomic mass is 16.4. The van der Waals surface area contributed by atoms with E-state index in [0.717, 1.165) is 11.1 Å². The van der Waals surface area contributed by atoms with E-state index in [-0.39, 0.29) is 7.43 Å². The molecule has 0 bridgehead atoms. The summed E-state index contributed by atoms with van der Waals surface area (Å²) in [6, 6.07) is 17.1. The van der Waals surface area contributed by atoms with E-state index in [2.05, 4.69) is 0 Å². The molecule has 2 aromatic carbocycles. The van der Waals surface area contributed by atoms with Gasteiger partial charge >= 0.3 is 7.12 Å². The quantitative estimate of drug-likeness (QED) is 0.637. The summed E-state index contributed by atoms with van der Waals surface area (Å²) in [5.74, 6) is 0. The normalized spacial score (nSPS) is 10.1. The Hall–Kier alpha value is -1.84. The molecule has 0 heterocycles. The zero-order chi connectivity index (χ0) is 12.1. The summed E-state index contributed by atoms with van der Waals surface area (Å²) in [6.45, 7) is 0. The van der Waals surface area contributed by atoms with Gasteiger partial charge in [0.05, 0.1) is 0 Å². The van der Waals surface area contributed by atoms with Gasteiger partial charge in [0.15, 0.2) is 0 Å². The molecular formula is C15H17BO2. The summed E-state index contributed by atoms with van der Waals surface area (Å²) < 4.78 is 0. The van der Waals surface area contributed by atoms with Crippen LogP contribution >= 0.6 is 0 Å². The molecule has 0 unspecified atom stereocenters. The third-order valence-corrected chi connectivity index (χ3v) is 2.50. The van der Waals surface area contributed by atoms with Crippen LogP contribution in [-0.2, 0) is 0 Å². The summed E-state index contributed by atoms with van der Waals surface area (Å²) in [6.07, 6.45) is 4.01. The number of hydrogen-bond donors (Lipinski definition) is 2. The first kappa shape index (κ1) is 14.2. The maximum absolute atomic E-state index is 8.96. The predicted molar refractivity (Wildman–Crippen MR) is 78.4 cm³/mol. The third-order valence-electron chi connectivity index (χ3n) is 2.50. The fraction of sp³-hybridized carbons (Fsp3) is 0.0667. The number of hydrogen-bond acceptors (Lipinski definition) is 2. The Balaban J connectivity index is 0.00000162. The molecule has 3 heteroatoms. The minimum absolute atomic E-state index is 0. The highest BCUT2D eigenvalue weighted by Crippen LogP contribution is 2.06. The van der Waals surface area contributed by atoms with E-state index in [1.54, 1.807) is 12.1 Å². The summed E-state index contributed by atoms with van der Waals surface area (Å²) in [4.78, 5) is 0. The highest BCUT2D eigenvalue weighted by Gasteiger charge is 2.08. The summed E-state index contributed by atoms with van der Waals surface area (Å²) >= 11 is 0. The molecule has 2 rings (SSSR count). The van der Waals surface area contributed by atoms with Crippen molar-refractivity contribution in [3.05, 3.63) is 65.7 Å². The molecule has 0 saturated carbocycles. The first-order chi connectivity index (χ1) is 8.25. The van der Waals surface area contributed by atoms with Crippen LogP contribution in [0.25, 0.3) is 12.2 Å². The monoisotopic (exact) mass is 240 g/mol. The molecule has 0 fully saturated rings. The molecule has 0 aromatic heterocycles. The zero-order valence-electron chi connectivity index (χ0n) is 9.32. The Morgan fingerprint density at radius 2 is 1.22 bits per heavy atom. The molecule has 0 saturated heterocycles. The van der Waals surface area contributed by atoms with Crippen molar-refractivity contribution in [3.8, 4) is 0 Å². The largest absolute Gasteiger partial charge is 0.488 e. The van der Waals surface area contributed by atoms with Gasteiger partial charge in [0, 0.05) is 0 Å². The lowest BCUT2D eigenvalue weighted by Crippen LogP contribution is -2.29. The van der Waals surface area contributed by atoms with Crippen LogP contribution in [0.4, 0.5) is 0 Å². The van der Waals surface area contributed by atoms with Crippen molar-refractivity contribution in [1.29, 1.82) is 0 Å². The second-order valence-electron chi connectivity index (χ2n) is 3.78. The van der Waals surface area contributed by atoms with Crippen LogP contribution in [0.15, 0.2) is 54.6 Å². The average Bonchev–Trinajstić information content (AvgIpc) is 2.38. The number of benzene rings is 2. The van der Waals surface area contributed by atoms with Crippen LogP contribution in [0.3, 0.4) is 0 Å². The van der Waals surface area contributed by atoms with Crippen molar-refractivity contribution in [1.82, 2.24) is 0 Å². The highest BCUT2D eigenvalue weighted by molar-refractivity contribution is 6.58. The Labute approximate surface area is 108 Å². The Morgan fingerprint density at radius 1 is 0.722 bits per heavy atom. The maximum atomic E-state index is 8.96. The van der Waals surface area contributed by atoms with Gasteiger partial charge in [0.25, 0.3) is 0 Å². The molecule has 0 radical (unpaired) electrons. The SMILES string of the molecule is C.OB(O)c1ccc(/C=C\c2ccccc2)cc1. The fourth-order valence-electron chi connectivity index (χ4n) is 1.54. The van der Waals surface area contributed by atoms with E-state index in [1.807, 2.05) is 54.6 Å². The lowest BCUT2D eigenvalue weighted by molar-refractivity contribution is 0.426. The van der Waals surface area contributed by atoms with E-state index in [4.69, 9.17) is 10.0 Å². The summed E-state index contributed by atoms with van der Waals surface area (Å²) in [7, 11) is -1.40. The van der Waals surface area contributed by atoms with Crippen LogP contribution in [0.2, 0.25) is 0 Å². The van der Waals surface area contributed by atoms with Gasteiger partial charge in [-0.3, -0.25) is 0 Å². The van der Waals surface area contributed by atoms with Gasteiger partial charge < -0.3 is 10.0 Å². The Bertz CT molecular complexity index is 490. The molecule has 0 aliphatic carbocycles. The lowest BCUT2D eigenvalue weighted by Gasteiger charge is -1.99. The topological polar surface area (TPSA) is 40.5 Å². The lowest BCUT2D eigenvalue weighted by atomic mass is 9.80. The molecule has 18 heavy (non-hydrogen) atoms. The van der Waals surface area contributed by atoms with Gasteiger partial charge in [-0.2, -0.15) is 0 Å². The molecule has 2 aromatic rings. The van der Waals surface area contributed by atoms with E-state index in [9.17, 15) is 0 Å². The summed E-state index contributed by atoms with van der Waals surface area (Å²) in [5.41, 5.74) is 2.67. The molecule has 92 valence electrons. The summed E-state index contributed by atoms with van der Waals surface area (Å²) in [5, 5.41) is 17.9. The van der Waals surface area contributed by atoms with Crippen LogP contribution in [-0.4, -0.2) is 17.2 Å². The van der Waals surface area contributed by atoms with Crippen molar-refractivity contribution in [2.24, 2.45) is 0 Å². The molecule has 0 spiro atoms. The first-order valence-corrected chi connectivity index (χ1v) is 5.45. The molecule has 0 aliphatic heterocycles. The van der Waals surface area contributed by atoms with Crippen molar-refractivity contribution >= 4 is 24.7 Å². The number of rotatable bonds is 3. The van der Waals surface area contributed by atoms with E-state index >= 15 is 0 Å². The van der Waals surface area contributed by atoms with E-state index < -0.39 is 7.12 Å². The van der Waals surface area contributed by atoms with E-state index in [0.29, 0.717) is 5.46 Å². The smallest absolute Gasteiger partial charge is 0.423 e. The zero-order valence-corrected chi connectivity index (χ0v) is 9.32. The van der Waals surface area contributed by atoms with Crippen LogP contribution in [0.1, 0.15) is 18.6 Å². The van der Waals surface area contributed by atoms with E-state index in [1.165, 1.54) is 0 Å². The molecule has 0 aliphatic rings. The predicted octanol–water partition coefficient (Wildman–Crippen LogP) is 2.17. The van der Waals surface area contributed by atoms with Gasteiger partial charge in [0.1, 0.15) is 0 Å². The van der Waals surface area contributed by atoms with Crippen LogP contribution < -0.4 is 5.46 Å². The maximum Gasteiger partial charge on any atom is 0.488 e.